The van der Waals surface area contributed by atoms with Crippen LogP contribution in [0.5, 0.6) is 5.75 Å². The number of likely N-dealkylation sites (tertiary alicyclic amines) is 1. The standard InChI is InChI=1S/C23H28F5N9O3/c1-34-19(22(39)29-8-15-3-2-4-18(7-15)40-23(26,27)28)12-36(33-34)6-5-16(24)11-37-13-20(31-32-37)30-21(38)14-35-9-17(25)10-35/h2-4,7,12-13,16-17,33H,5-6,8-11,14H2,1H3,(H,29,39)(H,30,38). The van der Waals surface area contributed by atoms with Crippen molar-refractivity contribution in [3.63, 3.8) is 0 Å². The van der Waals surface area contributed by atoms with Crippen LogP contribution in [-0.4, -0.2) is 93.7 Å². The van der Waals surface area contributed by atoms with Gasteiger partial charge in [0, 0.05) is 39.4 Å². The SMILES string of the molecule is CN1NN(CCC(F)Cn2cc(NC(=O)CN3CC(F)C3)nn2)C=C1C(=O)NCc1cccc(OC(F)(F)F)c1. The number of ether oxygens (including phenoxy) is 1. The second-order valence-electron chi connectivity index (χ2n) is 9.30. The number of anilines is 1. The van der Waals surface area contributed by atoms with E-state index < -0.39 is 30.4 Å². The minimum absolute atomic E-state index is 0.0356. The Morgan fingerprint density at radius 2 is 2.05 bits per heavy atom. The molecule has 1 fully saturated rings. The zero-order chi connectivity index (χ0) is 28.9. The van der Waals surface area contributed by atoms with E-state index in [1.54, 1.807) is 18.0 Å². The summed E-state index contributed by atoms with van der Waals surface area (Å²) < 4.78 is 69.9. The molecule has 3 N–H and O–H groups in total. The zero-order valence-corrected chi connectivity index (χ0v) is 21.4. The molecule has 1 aromatic carbocycles. The molecule has 0 saturated carbocycles. The van der Waals surface area contributed by atoms with Gasteiger partial charge in [-0.1, -0.05) is 17.3 Å². The van der Waals surface area contributed by atoms with Crippen LogP contribution in [0.1, 0.15) is 12.0 Å². The topological polar surface area (TPSA) is 120 Å². The van der Waals surface area contributed by atoms with Gasteiger partial charge in [-0.25, -0.2) is 13.5 Å². The molecule has 1 aromatic heterocycles. The van der Waals surface area contributed by atoms with Crippen LogP contribution in [0.15, 0.2) is 42.4 Å². The highest BCUT2D eigenvalue weighted by molar-refractivity contribution is 5.92. The fourth-order valence-electron chi connectivity index (χ4n) is 4.00. The number of amides is 2. The Kier molecular flexibility index (Phi) is 9.03. The van der Waals surface area contributed by atoms with Crippen LogP contribution >= 0.6 is 0 Å². The van der Waals surface area contributed by atoms with E-state index in [9.17, 15) is 31.5 Å². The molecule has 2 aromatic rings. The molecule has 2 aliphatic rings. The summed E-state index contributed by atoms with van der Waals surface area (Å²) in [6.45, 7) is 0.506. The third-order valence-electron chi connectivity index (χ3n) is 5.89. The fraction of sp³-hybridized carbons (Fsp3) is 0.478. The van der Waals surface area contributed by atoms with E-state index in [0.717, 1.165) is 6.07 Å². The number of aromatic nitrogens is 3. The lowest BCUT2D eigenvalue weighted by atomic mass is 10.2. The molecule has 0 bridgehead atoms. The highest BCUT2D eigenvalue weighted by atomic mass is 19.4. The predicted octanol–water partition coefficient (Wildman–Crippen LogP) is 1.32. The number of alkyl halides is 5. The number of hydrogen-bond acceptors (Lipinski definition) is 9. The summed E-state index contributed by atoms with van der Waals surface area (Å²) in [5.74, 6) is -1.09. The van der Waals surface area contributed by atoms with Crippen LogP contribution in [0.4, 0.5) is 27.8 Å². The number of rotatable bonds is 12. The van der Waals surface area contributed by atoms with Gasteiger partial charge < -0.3 is 15.4 Å². The van der Waals surface area contributed by atoms with Gasteiger partial charge in [-0.15, -0.1) is 23.8 Å². The third kappa shape index (κ3) is 8.51. The second-order valence-corrected chi connectivity index (χ2v) is 9.30. The lowest BCUT2D eigenvalue weighted by Gasteiger charge is -2.33. The summed E-state index contributed by atoms with van der Waals surface area (Å²) in [4.78, 5) is 26.2. The Hall–Kier alpha value is -3.99. The molecule has 2 amide bonds. The molecule has 12 nitrogen and oxygen atoms in total. The van der Waals surface area contributed by atoms with Crippen molar-refractivity contribution in [1.82, 2.24) is 40.8 Å². The number of benzene rings is 1. The normalized spacial score (nSPS) is 16.9. The van der Waals surface area contributed by atoms with Gasteiger partial charge in [0.15, 0.2) is 5.82 Å². The van der Waals surface area contributed by atoms with Gasteiger partial charge in [0.25, 0.3) is 5.91 Å². The number of nitrogens with zero attached hydrogens (tertiary/aromatic N) is 6. The fourth-order valence-corrected chi connectivity index (χ4v) is 4.00. The lowest BCUT2D eigenvalue weighted by molar-refractivity contribution is -0.274. The first-order valence-electron chi connectivity index (χ1n) is 12.3. The molecule has 1 atom stereocenters. The summed E-state index contributed by atoms with van der Waals surface area (Å²) in [5.41, 5.74) is 3.51. The summed E-state index contributed by atoms with van der Waals surface area (Å²) in [7, 11) is 1.58. The van der Waals surface area contributed by atoms with Crippen LogP contribution in [0.2, 0.25) is 0 Å². The van der Waals surface area contributed by atoms with Crippen LogP contribution in [0, 0.1) is 0 Å². The van der Waals surface area contributed by atoms with E-state index in [4.69, 9.17) is 0 Å². The maximum absolute atomic E-state index is 14.6. The van der Waals surface area contributed by atoms with Crippen molar-refractivity contribution in [2.75, 3.05) is 38.5 Å². The molecule has 218 valence electrons. The predicted molar refractivity (Wildman–Crippen MR) is 130 cm³/mol. The van der Waals surface area contributed by atoms with Gasteiger partial charge in [0.1, 0.15) is 23.8 Å². The van der Waals surface area contributed by atoms with Crippen LogP contribution in [0.3, 0.4) is 0 Å². The molecule has 40 heavy (non-hydrogen) atoms. The molecular formula is C23H28F5N9O3. The molecular weight excluding hydrogens is 545 g/mol. The van der Waals surface area contributed by atoms with E-state index in [1.807, 2.05) is 0 Å². The molecule has 0 aliphatic carbocycles. The minimum Gasteiger partial charge on any atom is -0.406 e. The number of carbonyl (C=O) groups excluding carboxylic acids is 2. The molecule has 0 radical (unpaired) electrons. The van der Waals surface area contributed by atoms with Crippen LogP contribution in [0.25, 0.3) is 0 Å². The largest absolute Gasteiger partial charge is 0.573 e. The molecule has 2 aliphatic heterocycles. The number of halogens is 5. The van der Waals surface area contributed by atoms with Crippen molar-refractivity contribution < 1.29 is 36.3 Å². The Morgan fingerprint density at radius 3 is 2.77 bits per heavy atom. The maximum atomic E-state index is 14.6. The average Bonchev–Trinajstić information content (AvgIpc) is 3.45. The number of likely N-dealkylation sites (N-methyl/N-ethyl adjacent to an activating group) is 1. The van der Waals surface area contributed by atoms with Crippen molar-refractivity contribution in [3.05, 3.63) is 47.9 Å². The monoisotopic (exact) mass is 573 g/mol. The van der Waals surface area contributed by atoms with E-state index >= 15 is 0 Å². The van der Waals surface area contributed by atoms with Gasteiger partial charge in [0.05, 0.1) is 19.3 Å². The van der Waals surface area contributed by atoms with Gasteiger partial charge >= 0.3 is 6.36 Å². The Labute approximate surface area is 225 Å². The smallest absolute Gasteiger partial charge is 0.406 e. The Bertz CT molecular complexity index is 1220. The highest BCUT2D eigenvalue weighted by Crippen LogP contribution is 2.23. The van der Waals surface area contributed by atoms with E-state index in [-0.39, 0.29) is 63.1 Å². The van der Waals surface area contributed by atoms with E-state index in [1.165, 1.54) is 39.2 Å². The lowest BCUT2D eigenvalue weighted by Crippen LogP contribution is -2.51. The summed E-state index contributed by atoms with van der Waals surface area (Å²) in [6, 6.07) is 5.26. The molecule has 0 spiro atoms. The first kappa shape index (κ1) is 29.0. The van der Waals surface area contributed by atoms with E-state index in [2.05, 4.69) is 31.2 Å². The molecule has 1 saturated heterocycles. The molecule has 4 rings (SSSR count). The number of carbonyl (C=O) groups is 2. The van der Waals surface area contributed by atoms with Gasteiger partial charge in [-0.2, -0.15) is 0 Å². The van der Waals surface area contributed by atoms with Crippen LogP contribution < -0.4 is 20.9 Å². The van der Waals surface area contributed by atoms with Crippen molar-refractivity contribution >= 4 is 17.6 Å². The first-order valence-corrected chi connectivity index (χ1v) is 12.3. The highest BCUT2D eigenvalue weighted by Gasteiger charge is 2.31. The van der Waals surface area contributed by atoms with Gasteiger partial charge in [0.2, 0.25) is 5.91 Å². The Morgan fingerprint density at radius 1 is 1.27 bits per heavy atom. The average molecular weight is 574 g/mol. The van der Waals surface area contributed by atoms with Crippen molar-refractivity contribution in [1.29, 1.82) is 0 Å². The van der Waals surface area contributed by atoms with Crippen molar-refractivity contribution in [3.8, 4) is 5.75 Å². The zero-order valence-electron chi connectivity index (χ0n) is 21.4. The van der Waals surface area contributed by atoms with Gasteiger partial charge in [-0.05, 0) is 24.1 Å². The van der Waals surface area contributed by atoms with Crippen LogP contribution in [-0.2, 0) is 22.7 Å². The van der Waals surface area contributed by atoms with E-state index in [0.29, 0.717) is 5.56 Å². The molecule has 17 heteroatoms. The molecule has 3 heterocycles. The Balaban J connectivity index is 1.19. The maximum Gasteiger partial charge on any atom is 0.573 e. The first-order chi connectivity index (χ1) is 18.9. The summed E-state index contributed by atoms with van der Waals surface area (Å²) in [5, 5.41) is 15.7. The summed E-state index contributed by atoms with van der Waals surface area (Å²) >= 11 is 0. The quantitative estimate of drug-likeness (QED) is 0.323. The minimum atomic E-state index is -4.82. The third-order valence-corrected chi connectivity index (χ3v) is 5.89. The van der Waals surface area contributed by atoms with Crippen molar-refractivity contribution in [2.24, 2.45) is 0 Å². The van der Waals surface area contributed by atoms with Gasteiger partial charge in [-0.3, -0.25) is 24.5 Å². The second kappa shape index (κ2) is 12.5. The number of nitrogens with one attached hydrogen (secondary N) is 3. The summed E-state index contributed by atoms with van der Waals surface area (Å²) in [6.07, 6.45) is -4.10. The molecule has 1 unspecified atom stereocenters. The number of hydrazine groups is 2. The van der Waals surface area contributed by atoms with Crippen molar-refractivity contribution in [2.45, 2.75) is 38.2 Å². The number of hydrogen-bond donors (Lipinski definition) is 3.